The predicted octanol–water partition coefficient (Wildman–Crippen LogP) is 12.3. The van der Waals surface area contributed by atoms with E-state index >= 15 is 0 Å². The number of nitrogens with zero attached hydrogens (tertiary/aromatic N) is 4. The molecule has 0 aliphatic heterocycles. The van der Waals surface area contributed by atoms with Gasteiger partial charge in [-0.15, -0.1) is 0 Å². The van der Waals surface area contributed by atoms with Gasteiger partial charge in [-0.05, 0) is 70.6 Å². The molecule has 48 heavy (non-hydrogen) atoms. The maximum Gasteiger partial charge on any atom is 0.189 e. The maximum atomic E-state index is 7.78. The van der Waals surface area contributed by atoms with E-state index in [-0.39, 0.29) is 0 Å². The van der Waals surface area contributed by atoms with Gasteiger partial charge in [-0.1, -0.05) is 109 Å². The predicted molar refractivity (Wildman–Crippen MR) is 199 cm³/mol. The molecule has 0 fully saturated rings. The third kappa shape index (κ3) is 4.22. The number of hydrogen-bond acceptors (Lipinski definition) is 0. The smallest absolute Gasteiger partial charge is 0.189 e. The van der Waals surface area contributed by atoms with Gasteiger partial charge in [0.05, 0.1) is 35.2 Å². The molecule has 0 saturated carbocycles. The normalized spacial score (nSPS) is 11.3. The molecule has 0 atom stereocenters. The van der Waals surface area contributed by atoms with Gasteiger partial charge < -0.3 is 9.13 Å². The largest absolute Gasteiger partial charge is 0.310 e. The second-order valence-electron chi connectivity index (χ2n) is 12.0. The lowest BCUT2D eigenvalue weighted by Gasteiger charge is -2.15. The Labute approximate surface area is 277 Å². The standard InChI is InChI=1S/C44H26N4/c1-45-32-23-25-43-39(27-32)38-14-5-8-17-42(38)48(43)44-28-33(46-2)22-24-35(44)30-20-18-29(19-21-30)31-10-9-11-34(26-31)47-40-15-6-3-12-36(40)37-13-4-7-16-41(37)47/h3-28H. The van der Waals surface area contributed by atoms with Gasteiger partial charge in [-0.25, -0.2) is 9.69 Å². The molecule has 0 spiro atoms. The van der Waals surface area contributed by atoms with Crippen molar-refractivity contribution in [3.05, 3.63) is 181 Å². The maximum absolute atomic E-state index is 7.78. The van der Waals surface area contributed by atoms with Crippen LogP contribution in [-0.4, -0.2) is 9.13 Å². The van der Waals surface area contributed by atoms with E-state index in [0.29, 0.717) is 11.4 Å². The molecule has 0 N–H and O–H groups in total. The Morgan fingerprint density at radius 3 is 1.58 bits per heavy atom. The van der Waals surface area contributed by atoms with Gasteiger partial charge >= 0.3 is 0 Å². The Morgan fingerprint density at radius 1 is 0.375 bits per heavy atom. The fourth-order valence-corrected chi connectivity index (χ4v) is 7.18. The number of rotatable bonds is 4. The summed E-state index contributed by atoms with van der Waals surface area (Å²) in [5.41, 5.74) is 12.0. The first-order valence-corrected chi connectivity index (χ1v) is 15.8. The summed E-state index contributed by atoms with van der Waals surface area (Å²) in [4.78, 5) is 7.46. The summed E-state index contributed by atoms with van der Waals surface area (Å²) in [6.45, 7) is 15.4. The molecule has 2 aromatic heterocycles. The first kappa shape index (κ1) is 27.4. The van der Waals surface area contributed by atoms with Crippen LogP contribution in [0.3, 0.4) is 0 Å². The molecule has 2 heterocycles. The van der Waals surface area contributed by atoms with Crippen LogP contribution in [0.1, 0.15) is 0 Å². The Kier molecular flexibility index (Phi) is 6.22. The minimum absolute atomic E-state index is 0.580. The highest BCUT2D eigenvalue weighted by atomic mass is 15.0. The third-order valence-corrected chi connectivity index (χ3v) is 9.35. The van der Waals surface area contributed by atoms with E-state index < -0.39 is 0 Å². The van der Waals surface area contributed by atoms with Crippen LogP contribution in [0.2, 0.25) is 0 Å². The Morgan fingerprint density at radius 2 is 0.917 bits per heavy atom. The van der Waals surface area contributed by atoms with Crippen LogP contribution in [0, 0.1) is 13.1 Å². The number of fused-ring (bicyclic) bond motifs is 6. The molecule has 0 bridgehead atoms. The summed E-state index contributed by atoms with van der Waals surface area (Å²) in [6.07, 6.45) is 0. The fourth-order valence-electron chi connectivity index (χ4n) is 7.18. The molecular formula is C44H26N4. The molecule has 4 nitrogen and oxygen atoms in total. The summed E-state index contributed by atoms with van der Waals surface area (Å²) >= 11 is 0. The van der Waals surface area contributed by atoms with E-state index in [0.717, 1.165) is 55.4 Å². The highest BCUT2D eigenvalue weighted by Crippen LogP contribution is 2.40. The van der Waals surface area contributed by atoms with Crippen molar-refractivity contribution in [1.82, 2.24) is 9.13 Å². The zero-order chi connectivity index (χ0) is 32.2. The van der Waals surface area contributed by atoms with Crippen molar-refractivity contribution in [2.75, 3.05) is 0 Å². The van der Waals surface area contributed by atoms with E-state index in [1.54, 1.807) is 0 Å². The lowest BCUT2D eigenvalue weighted by molar-refractivity contribution is 1.18. The van der Waals surface area contributed by atoms with E-state index in [1.807, 2.05) is 42.5 Å². The van der Waals surface area contributed by atoms with Gasteiger partial charge in [0.2, 0.25) is 0 Å². The third-order valence-electron chi connectivity index (χ3n) is 9.35. The summed E-state index contributed by atoms with van der Waals surface area (Å²) in [5.74, 6) is 0. The van der Waals surface area contributed by atoms with Gasteiger partial charge in [-0.2, -0.15) is 0 Å². The number of hydrogen-bond donors (Lipinski definition) is 0. The van der Waals surface area contributed by atoms with Crippen molar-refractivity contribution in [1.29, 1.82) is 0 Å². The number of para-hydroxylation sites is 3. The minimum atomic E-state index is 0.580. The van der Waals surface area contributed by atoms with Crippen molar-refractivity contribution in [2.45, 2.75) is 0 Å². The fraction of sp³-hybridized carbons (Fsp3) is 0. The van der Waals surface area contributed by atoms with Crippen LogP contribution >= 0.6 is 0 Å². The molecule has 0 unspecified atom stereocenters. The van der Waals surface area contributed by atoms with Crippen molar-refractivity contribution < 1.29 is 0 Å². The van der Waals surface area contributed by atoms with Crippen LogP contribution in [0.25, 0.3) is 86.9 Å². The van der Waals surface area contributed by atoms with E-state index in [2.05, 4.69) is 134 Å². The average Bonchev–Trinajstić information content (AvgIpc) is 3.67. The summed E-state index contributed by atoms with van der Waals surface area (Å²) in [7, 11) is 0. The van der Waals surface area contributed by atoms with Gasteiger partial charge in [0.25, 0.3) is 0 Å². The zero-order valence-electron chi connectivity index (χ0n) is 25.8. The summed E-state index contributed by atoms with van der Waals surface area (Å²) in [5, 5.41) is 4.60. The highest BCUT2D eigenvalue weighted by Gasteiger charge is 2.17. The first-order valence-electron chi connectivity index (χ1n) is 15.8. The molecule has 9 aromatic rings. The quantitative estimate of drug-likeness (QED) is 0.177. The van der Waals surface area contributed by atoms with Gasteiger partial charge in [-0.3, -0.25) is 0 Å². The molecule has 0 amide bonds. The molecule has 0 saturated heterocycles. The van der Waals surface area contributed by atoms with E-state index in [9.17, 15) is 0 Å². The Balaban J connectivity index is 1.17. The van der Waals surface area contributed by atoms with Crippen molar-refractivity contribution >= 4 is 55.0 Å². The van der Waals surface area contributed by atoms with E-state index in [4.69, 9.17) is 13.1 Å². The number of benzene rings is 7. The van der Waals surface area contributed by atoms with Gasteiger partial charge in [0.15, 0.2) is 11.4 Å². The van der Waals surface area contributed by atoms with E-state index in [1.165, 1.54) is 21.8 Å². The van der Waals surface area contributed by atoms with Crippen LogP contribution in [-0.2, 0) is 0 Å². The summed E-state index contributed by atoms with van der Waals surface area (Å²) < 4.78 is 4.58. The lowest BCUT2D eigenvalue weighted by atomic mass is 9.98. The van der Waals surface area contributed by atoms with Crippen LogP contribution in [0.15, 0.2) is 158 Å². The van der Waals surface area contributed by atoms with Gasteiger partial charge in [0, 0.05) is 33.1 Å². The second-order valence-corrected chi connectivity index (χ2v) is 12.0. The second kappa shape index (κ2) is 10.9. The molecule has 0 aliphatic rings. The van der Waals surface area contributed by atoms with Gasteiger partial charge in [0.1, 0.15) is 0 Å². The van der Waals surface area contributed by atoms with Crippen molar-refractivity contribution in [3.63, 3.8) is 0 Å². The Hall–Kier alpha value is -6.88. The van der Waals surface area contributed by atoms with Crippen molar-refractivity contribution in [3.8, 4) is 33.6 Å². The highest BCUT2D eigenvalue weighted by molar-refractivity contribution is 6.11. The minimum Gasteiger partial charge on any atom is -0.310 e. The molecule has 7 aromatic carbocycles. The Bertz CT molecular complexity index is 2750. The van der Waals surface area contributed by atoms with Crippen molar-refractivity contribution in [2.24, 2.45) is 0 Å². The molecular weight excluding hydrogens is 585 g/mol. The molecule has 0 radical (unpaired) electrons. The topological polar surface area (TPSA) is 18.6 Å². The monoisotopic (exact) mass is 610 g/mol. The summed E-state index contributed by atoms with van der Waals surface area (Å²) in [6, 6.07) is 54.6. The molecule has 9 rings (SSSR count). The SMILES string of the molecule is [C-]#[N+]c1ccc(-c2ccc(-c3cccc(-n4c5ccccc5c5ccccc54)c3)cc2)c(-n2c3ccccc3c3cc([N+]#[C-])ccc32)c1. The van der Waals surface area contributed by atoms with Crippen LogP contribution in [0.5, 0.6) is 0 Å². The van der Waals surface area contributed by atoms with Crippen LogP contribution in [0.4, 0.5) is 11.4 Å². The molecule has 0 aliphatic carbocycles. The van der Waals surface area contributed by atoms with Crippen LogP contribution < -0.4 is 0 Å². The lowest BCUT2D eigenvalue weighted by Crippen LogP contribution is -1.97. The first-order chi connectivity index (χ1) is 23.7. The average molecular weight is 611 g/mol. The molecule has 4 heteroatoms. The molecule has 222 valence electrons. The zero-order valence-corrected chi connectivity index (χ0v) is 25.8. The number of aromatic nitrogens is 2.